The average Bonchev–Trinajstić information content (AvgIpc) is 2.03. The molecule has 0 saturated heterocycles. The summed E-state index contributed by atoms with van der Waals surface area (Å²) >= 11 is 3.19. The predicted octanol–water partition coefficient (Wildman–Crippen LogP) is 2.48. The molecule has 1 aromatic rings. The normalized spacial score (nSPS) is 9.42. The largest absolute Gasteiger partial charge is 0.478 e. The van der Waals surface area contributed by atoms with Gasteiger partial charge in [-0.15, -0.1) is 0 Å². The van der Waals surface area contributed by atoms with Crippen molar-refractivity contribution in [3.63, 3.8) is 0 Å². The van der Waals surface area contributed by atoms with Crippen molar-refractivity contribution in [1.29, 1.82) is 0 Å². The van der Waals surface area contributed by atoms with Crippen LogP contribution >= 0.6 is 15.9 Å². The first kappa shape index (κ1) is 9.00. The van der Waals surface area contributed by atoms with Gasteiger partial charge in [0.15, 0.2) is 0 Å². The summed E-state index contributed by atoms with van der Waals surface area (Å²) in [6, 6.07) is 4.79. The summed E-state index contributed by atoms with van der Waals surface area (Å²) in [5, 5.41) is 8.66. The van der Waals surface area contributed by atoms with Crippen LogP contribution in [0.25, 0.3) is 0 Å². The van der Waals surface area contributed by atoms with Gasteiger partial charge in [-0.05, 0) is 29.8 Å². The number of aromatic carboxylic acids is 1. The second-order valence-corrected chi connectivity index (χ2v) is 3.13. The van der Waals surface area contributed by atoms with E-state index in [1.165, 1.54) is 12.1 Å². The molecule has 1 N–H and O–H groups in total. The quantitative estimate of drug-likeness (QED) is 0.840. The Kier molecular flexibility index (Phi) is 2.65. The Labute approximate surface area is 78.7 Å². The van der Waals surface area contributed by atoms with Crippen molar-refractivity contribution in [3.05, 3.63) is 46.5 Å². The zero-order valence-corrected chi connectivity index (χ0v) is 7.76. The number of hydrogen-bond donors (Lipinski definition) is 1. The Morgan fingerprint density at radius 1 is 1.50 bits per heavy atom. The van der Waals surface area contributed by atoms with E-state index >= 15 is 0 Å². The van der Waals surface area contributed by atoms with Crippen molar-refractivity contribution < 1.29 is 9.90 Å². The van der Waals surface area contributed by atoms with Gasteiger partial charge in [-0.3, -0.25) is 0 Å². The molecule has 12 heavy (non-hydrogen) atoms. The Balaban J connectivity index is 3.23. The number of carboxylic acid groups (broad SMARTS) is 1. The summed E-state index contributed by atoms with van der Waals surface area (Å²) in [5.41, 5.74) is 0.900. The number of benzene rings is 1. The molecule has 1 rings (SSSR count). The van der Waals surface area contributed by atoms with Gasteiger partial charge in [-0.2, -0.15) is 0 Å². The van der Waals surface area contributed by atoms with Crippen molar-refractivity contribution in [1.82, 2.24) is 0 Å². The van der Waals surface area contributed by atoms with Gasteiger partial charge in [0.05, 0.1) is 5.56 Å². The highest BCUT2D eigenvalue weighted by atomic mass is 79.9. The molecular formula is C9H6BrO2. The molecule has 0 amide bonds. The van der Waals surface area contributed by atoms with Crippen LogP contribution in [0.5, 0.6) is 0 Å². The van der Waals surface area contributed by atoms with E-state index in [4.69, 9.17) is 5.11 Å². The molecule has 1 aromatic carbocycles. The molecule has 61 valence electrons. The molecule has 0 saturated carbocycles. The van der Waals surface area contributed by atoms with E-state index in [0.717, 1.165) is 0 Å². The predicted molar refractivity (Wildman–Crippen MR) is 49.1 cm³/mol. The molecule has 2 nitrogen and oxygen atoms in total. The third-order valence-corrected chi connectivity index (χ3v) is 1.81. The van der Waals surface area contributed by atoms with Crippen molar-refractivity contribution in [3.8, 4) is 0 Å². The van der Waals surface area contributed by atoms with Gasteiger partial charge >= 0.3 is 5.97 Å². The van der Waals surface area contributed by atoms with Gasteiger partial charge in [-0.25, -0.2) is 4.79 Å². The second kappa shape index (κ2) is 3.54. The van der Waals surface area contributed by atoms with E-state index < -0.39 is 5.97 Å². The van der Waals surface area contributed by atoms with Crippen LogP contribution in [0, 0.1) is 6.08 Å². The molecule has 0 aliphatic rings. The second-order valence-electron chi connectivity index (χ2n) is 2.21. The molecule has 1 radical (unpaired) electrons. The standard InChI is InChI=1S/C9H6BrO2/c1-2-6-3-7(9(11)12)5-8(10)4-6/h3-5H,1H2,(H,11,12). The molecule has 0 aliphatic heterocycles. The fourth-order valence-electron chi connectivity index (χ4n) is 0.815. The van der Waals surface area contributed by atoms with Gasteiger partial charge < -0.3 is 5.11 Å². The van der Waals surface area contributed by atoms with Gasteiger partial charge in [0.2, 0.25) is 0 Å². The highest BCUT2D eigenvalue weighted by molar-refractivity contribution is 9.10. The first-order valence-electron chi connectivity index (χ1n) is 3.20. The Morgan fingerprint density at radius 2 is 2.17 bits per heavy atom. The minimum atomic E-state index is -0.951. The number of rotatable bonds is 2. The zero-order chi connectivity index (χ0) is 9.14. The van der Waals surface area contributed by atoms with Crippen molar-refractivity contribution in [2.75, 3.05) is 0 Å². The third-order valence-electron chi connectivity index (χ3n) is 1.35. The van der Waals surface area contributed by atoms with Gasteiger partial charge in [0.25, 0.3) is 0 Å². The van der Waals surface area contributed by atoms with Crippen LogP contribution in [-0.4, -0.2) is 11.1 Å². The van der Waals surface area contributed by atoms with Gasteiger partial charge in [0.1, 0.15) is 0 Å². The van der Waals surface area contributed by atoms with E-state index in [9.17, 15) is 4.79 Å². The van der Waals surface area contributed by atoms with E-state index in [1.807, 2.05) is 0 Å². The lowest BCUT2D eigenvalue weighted by Gasteiger charge is -1.97. The molecular weight excluding hydrogens is 220 g/mol. The highest BCUT2D eigenvalue weighted by Crippen LogP contribution is 2.15. The monoisotopic (exact) mass is 225 g/mol. The summed E-state index contributed by atoms with van der Waals surface area (Å²) < 4.78 is 0.716. The molecule has 0 spiro atoms. The minimum absolute atomic E-state index is 0.232. The van der Waals surface area contributed by atoms with Crippen molar-refractivity contribution >= 4 is 21.9 Å². The average molecular weight is 226 g/mol. The molecule has 0 atom stereocenters. The van der Waals surface area contributed by atoms with Crippen LogP contribution in [0.2, 0.25) is 0 Å². The minimum Gasteiger partial charge on any atom is -0.478 e. The summed E-state index contributed by atoms with van der Waals surface area (Å²) in [6.07, 6.45) is 2.62. The highest BCUT2D eigenvalue weighted by Gasteiger charge is 2.03. The van der Waals surface area contributed by atoms with E-state index in [2.05, 4.69) is 28.6 Å². The SMILES string of the molecule is C=[C]c1cc(Br)cc(C(=O)O)c1. The van der Waals surface area contributed by atoms with Gasteiger partial charge in [-0.1, -0.05) is 22.5 Å². The number of hydrogen-bond acceptors (Lipinski definition) is 1. The summed E-state index contributed by atoms with van der Waals surface area (Å²) in [6.45, 7) is 3.43. The molecule has 0 fully saturated rings. The van der Waals surface area contributed by atoms with Crippen LogP contribution < -0.4 is 0 Å². The zero-order valence-electron chi connectivity index (χ0n) is 6.17. The Hall–Kier alpha value is -1.09. The number of halogens is 1. The third kappa shape index (κ3) is 1.95. The van der Waals surface area contributed by atoms with E-state index in [0.29, 0.717) is 10.0 Å². The Bertz CT molecular complexity index is 331. The molecule has 0 aromatic heterocycles. The maximum Gasteiger partial charge on any atom is 0.335 e. The van der Waals surface area contributed by atoms with Gasteiger partial charge in [0, 0.05) is 4.47 Å². The first-order valence-corrected chi connectivity index (χ1v) is 4.00. The maximum atomic E-state index is 10.6. The number of carboxylic acids is 1. The van der Waals surface area contributed by atoms with Crippen molar-refractivity contribution in [2.45, 2.75) is 0 Å². The molecule has 0 heterocycles. The topological polar surface area (TPSA) is 37.3 Å². The first-order chi connectivity index (χ1) is 5.63. The molecule has 0 unspecified atom stereocenters. The summed E-state index contributed by atoms with van der Waals surface area (Å²) in [7, 11) is 0. The lowest BCUT2D eigenvalue weighted by Crippen LogP contribution is -1.96. The van der Waals surface area contributed by atoms with E-state index in [1.54, 1.807) is 6.07 Å². The fraction of sp³-hybridized carbons (Fsp3) is 0. The van der Waals surface area contributed by atoms with Crippen LogP contribution in [0.3, 0.4) is 0 Å². The maximum absolute atomic E-state index is 10.6. The smallest absolute Gasteiger partial charge is 0.335 e. The lowest BCUT2D eigenvalue weighted by molar-refractivity contribution is 0.0696. The molecule has 0 aliphatic carbocycles. The number of carbonyl (C=O) groups is 1. The Morgan fingerprint density at radius 3 is 2.67 bits per heavy atom. The fourth-order valence-corrected chi connectivity index (χ4v) is 1.31. The molecule has 3 heteroatoms. The summed E-state index contributed by atoms with van der Waals surface area (Å²) in [4.78, 5) is 10.6. The van der Waals surface area contributed by atoms with Crippen molar-refractivity contribution in [2.24, 2.45) is 0 Å². The van der Waals surface area contributed by atoms with E-state index in [-0.39, 0.29) is 5.56 Å². The van der Waals surface area contributed by atoms with Crippen LogP contribution in [0.1, 0.15) is 15.9 Å². The van der Waals surface area contributed by atoms with Crippen LogP contribution in [0.4, 0.5) is 0 Å². The molecule has 0 bridgehead atoms. The lowest BCUT2D eigenvalue weighted by atomic mass is 10.1. The van der Waals surface area contributed by atoms with Crippen LogP contribution in [0.15, 0.2) is 29.3 Å². The van der Waals surface area contributed by atoms with Crippen LogP contribution in [-0.2, 0) is 0 Å². The summed E-state index contributed by atoms with van der Waals surface area (Å²) in [5.74, 6) is -0.951.